The lowest BCUT2D eigenvalue weighted by Crippen LogP contribution is -2.38. The molecular weight excluding hydrogens is 170 g/mol. The van der Waals surface area contributed by atoms with Gasteiger partial charge in [-0.15, -0.1) is 0 Å². The summed E-state index contributed by atoms with van der Waals surface area (Å²) in [6.45, 7) is 3.58. The third kappa shape index (κ3) is 1.80. The molecule has 0 saturated carbocycles. The molecule has 0 radical (unpaired) electrons. The molecule has 1 atom stereocenters. The molecule has 1 aliphatic rings. The highest BCUT2D eigenvalue weighted by molar-refractivity contribution is 6.45. The minimum absolute atomic E-state index is 0.560. The van der Waals surface area contributed by atoms with Crippen LogP contribution < -0.4 is 5.73 Å². The molecule has 5 nitrogen and oxygen atoms in total. The Kier molecular flexibility index (Phi) is 2.55. The lowest BCUT2D eigenvalue weighted by atomic mass is 10.1. The van der Waals surface area contributed by atoms with Crippen LogP contribution in [-0.4, -0.2) is 29.3 Å². The highest BCUT2D eigenvalue weighted by Crippen LogP contribution is 2.05. The fourth-order valence-corrected chi connectivity index (χ4v) is 1.12. The summed E-state index contributed by atoms with van der Waals surface area (Å²) in [5.41, 5.74) is 6.21. The first-order chi connectivity index (χ1) is 6.06. The number of rotatable bonds is 2. The first-order valence-electron chi connectivity index (χ1n) is 4.01. The predicted octanol–water partition coefficient (Wildman–Crippen LogP) is -0.308. The Balaban J connectivity index is 2.98. The molecule has 70 valence electrons. The first-order valence-corrected chi connectivity index (χ1v) is 4.01. The van der Waals surface area contributed by atoms with Crippen LogP contribution in [0.4, 0.5) is 0 Å². The lowest BCUT2D eigenvalue weighted by Gasteiger charge is -2.13. The van der Waals surface area contributed by atoms with Crippen LogP contribution in [0.2, 0.25) is 0 Å². The number of carbonyl (C=O) groups is 2. The maximum Gasteiger partial charge on any atom is 0.280 e. The standard InChI is InChI=1S/C8H11N3O2/c1-3-5-4(2)10-6(7(9)12)8(13)11-5/h6H,3H2,1-2H3,(H2,9,12). The fourth-order valence-electron chi connectivity index (χ4n) is 1.12. The third-order valence-corrected chi connectivity index (χ3v) is 1.82. The Hall–Kier alpha value is -1.52. The second kappa shape index (κ2) is 3.47. The van der Waals surface area contributed by atoms with Gasteiger partial charge in [-0.2, -0.15) is 0 Å². The van der Waals surface area contributed by atoms with Gasteiger partial charge in [0, 0.05) is 0 Å². The van der Waals surface area contributed by atoms with Crippen LogP contribution in [0.3, 0.4) is 0 Å². The highest BCUT2D eigenvalue weighted by atomic mass is 16.2. The largest absolute Gasteiger partial charge is 0.367 e. The molecule has 1 unspecified atom stereocenters. The minimum atomic E-state index is -1.12. The van der Waals surface area contributed by atoms with Gasteiger partial charge in [-0.05, 0) is 13.3 Å². The van der Waals surface area contributed by atoms with E-state index in [0.29, 0.717) is 17.8 Å². The van der Waals surface area contributed by atoms with E-state index in [0.717, 1.165) is 0 Å². The summed E-state index contributed by atoms with van der Waals surface area (Å²) in [6.07, 6.45) is 0.632. The van der Waals surface area contributed by atoms with Crippen molar-refractivity contribution >= 4 is 23.2 Å². The van der Waals surface area contributed by atoms with Crippen LogP contribution in [0.5, 0.6) is 0 Å². The van der Waals surface area contributed by atoms with Crippen molar-refractivity contribution in [3.05, 3.63) is 0 Å². The van der Waals surface area contributed by atoms with Crippen molar-refractivity contribution in [2.45, 2.75) is 26.3 Å². The number of aliphatic imine (C=N–C) groups is 2. The van der Waals surface area contributed by atoms with Crippen LogP contribution in [0.1, 0.15) is 20.3 Å². The van der Waals surface area contributed by atoms with E-state index in [4.69, 9.17) is 5.73 Å². The van der Waals surface area contributed by atoms with E-state index in [1.165, 1.54) is 0 Å². The van der Waals surface area contributed by atoms with E-state index in [2.05, 4.69) is 9.98 Å². The molecule has 0 aliphatic carbocycles. The molecule has 5 heteroatoms. The molecule has 0 aromatic heterocycles. The van der Waals surface area contributed by atoms with E-state index < -0.39 is 17.9 Å². The molecule has 0 aromatic carbocycles. The summed E-state index contributed by atoms with van der Waals surface area (Å²) >= 11 is 0. The number of primary amides is 1. The molecule has 0 spiro atoms. The second-order valence-corrected chi connectivity index (χ2v) is 2.77. The van der Waals surface area contributed by atoms with Gasteiger partial charge in [0.15, 0.2) is 0 Å². The number of hydrogen-bond acceptors (Lipinski definition) is 3. The third-order valence-electron chi connectivity index (χ3n) is 1.82. The van der Waals surface area contributed by atoms with Gasteiger partial charge < -0.3 is 5.73 Å². The van der Waals surface area contributed by atoms with Crippen LogP contribution in [-0.2, 0) is 9.59 Å². The van der Waals surface area contributed by atoms with Crippen molar-refractivity contribution in [3.63, 3.8) is 0 Å². The van der Waals surface area contributed by atoms with Gasteiger partial charge in [0.1, 0.15) is 0 Å². The normalized spacial score (nSPS) is 22.3. The molecule has 1 aliphatic heterocycles. The van der Waals surface area contributed by atoms with Crippen molar-refractivity contribution in [2.24, 2.45) is 15.7 Å². The SMILES string of the molecule is CCC1=NC(=O)C(C(N)=O)N=C1C. The van der Waals surface area contributed by atoms with Crippen molar-refractivity contribution in [1.82, 2.24) is 0 Å². The van der Waals surface area contributed by atoms with Gasteiger partial charge in [-0.25, -0.2) is 4.99 Å². The molecule has 2 amide bonds. The summed E-state index contributed by atoms with van der Waals surface area (Å²) < 4.78 is 0. The van der Waals surface area contributed by atoms with E-state index >= 15 is 0 Å². The molecule has 1 heterocycles. The predicted molar refractivity (Wildman–Crippen MR) is 48.8 cm³/mol. The molecule has 2 N–H and O–H groups in total. The Labute approximate surface area is 75.7 Å². The Morgan fingerprint density at radius 3 is 2.69 bits per heavy atom. The summed E-state index contributed by atoms with van der Waals surface area (Å²) in [4.78, 5) is 29.5. The zero-order chi connectivity index (χ0) is 10.0. The molecule has 0 saturated heterocycles. The van der Waals surface area contributed by atoms with Gasteiger partial charge in [-0.1, -0.05) is 6.92 Å². The number of hydrogen-bond donors (Lipinski definition) is 1. The second-order valence-electron chi connectivity index (χ2n) is 2.77. The summed E-state index contributed by atoms with van der Waals surface area (Å²) in [5, 5.41) is 0. The number of nitrogens with two attached hydrogens (primary N) is 1. The Morgan fingerprint density at radius 1 is 1.62 bits per heavy atom. The summed E-state index contributed by atoms with van der Waals surface area (Å²) in [6, 6.07) is -1.12. The summed E-state index contributed by atoms with van der Waals surface area (Å²) in [5.74, 6) is -1.31. The van der Waals surface area contributed by atoms with E-state index in [1.807, 2.05) is 6.92 Å². The van der Waals surface area contributed by atoms with Gasteiger partial charge in [0.2, 0.25) is 6.04 Å². The molecule has 0 bridgehead atoms. The van der Waals surface area contributed by atoms with Crippen molar-refractivity contribution in [2.75, 3.05) is 0 Å². The lowest BCUT2D eigenvalue weighted by molar-refractivity contribution is -0.127. The zero-order valence-electron chi connectivity index (χ0n) is 7.57. The summed E-state index contributed by atoms with van der Waals surface area (Å²) in [7, 11) is 0. The van der Waals surface area contributed by atoms with Gasteiger partial charge in [-0.3, -0.25) is 14.6 Å². The van der Waals surface area contributed by atoms with E-state index in [1.54, 1.807) is 6.92 Å². The van der Waals surface area contributed by atoms with Crippen LogP contribution in [0, 0.1) is 0 Å². The quantitative estimate of drug-likeness (QED) is 0.592. The average Bonchev–Trinajstić information content (AvgIpc) is 2.07. The molecule has 0 aromatic rings. The van der Waals surface area contributed by atoms with Crippen molar-refractivity contribution < 1.29 is 9.59 Å². The highest BCUT2D eigenvalue weighted by Gasteiger charge is 2.27. The fraction of sp³-hybridized carbons (Fsp3) is 0.500. The Bertz CT molecular complexity index is 317. The van der Waals surface area contributed by atoms with E-state index in [9.17, 15) is 9.59 Å². The number of carbonyl (C=O) groups excluding carboxylic acids is 2. The monoisotopic (exact) mass is 181 g/mol. The molecule has 1 rings (SSSR count). The van der Waals surface area contributed by atoms with Crippen LogP contribution in [0.15, 0.2) is 9.98 Å². The maximum atomic E-state index is 11.2. The molecule has 0 fully saturated rings. The van der Waals surface area contributed by atoms with Crippen LogP contribution >= 0.6 is 0 Å². The van der Waals surface area contributed by atoms with E-state index in [-0.39, 0.29) is 0 Å². The smallest absolute Gasteiger partial charge is 0.280 e. The zero-order valence-corrected chi connectivity index (χ0v) is 7.57. The minimum Gasteiger partial charge on any atom is -0.367 e. The van der Waals surface area contributed by atoms with Crippen LogP contribution in [0.25, 0.3) is 0 Å². The van der Waals surface area contributed by atoms with Gasteiger partial charge in [0.25, 0.3) is 11.8 Å². The van der Waals surface area contributed by atoms with Crippen molar-refractivity contribution in [3.8, 4) is 0 Å². The maximum absolute atomic E-state index is 11.2. The molecule has 13 heavy (non-hydrogen) atoms. The molecular formula is C8H11N3O2. The van der Waals surface area contributed by atoms with Gasteiger partial charge in [0.05, 0.1) is 11.4 Å². The first kappa shape index (κ1) is 9.57. The Morgan fingerprint density at radius 2 is 2.23 bits per heavy atom. The number of nitrogens with zero attached hydrogens (tertiary/aromatic N) is 2. The topological polar surface area (TPSA) is 84.9 Å². The van der Waals surface area contributed by atoms with Gasteiger partial charge >= 0.3 is 0 Å². The average molecular weight is 181 g/mol. The number of amides is 2. The van der Waals surface area contributed by atoms with Crippen molar-refractivity contribution in [1.29, 1.82) is 0 Å².